The van der Waals surface area contributed by atoms with Gasteiger partial charge in [-0.1, -0.05) is 12.1 Å². The van der Waals surface area contributed by atoms with Gasteiger partial charge in [-0.15, -0.1) is 0 Å². The number of piperazine rings is 1. The second-order valence-corrected chi connectivity index (χ2v) is 8.15. The maximum atomic E-state index is 12.8. The third-order valence-electron chi connectivity index (χ3n) is 4.49. The van der Waals surface area contributed by atoms with E-state index in [-0.39, 0.29) is 10.6 Å². The molecule has 1 fully saturated rings. The summed E-state index contributed by atoms with van der Waals surface area (Å²) >= 11 is 0. The van der Waals surface area contributed by atoms with E-state index in [4.69, 9.17) is 0 Å². The molecule has 0 radical (unpaired) electrons. The van der Waals surface area contributed by atoms with Crippen LogP contribution in [-0.4, -0.2) is 65.1 Å². The second kappa shape index (κ2) is 7.52. The summed E-state index contributed by atoms with van der Waals surface area (Å²) in [6.07, 6.45) is 4.65. The number of aryl methyl sites for hydroxylation is 1. The molecule has 10 heteroatoms. The topological polar surface area (TPSA) is 102 Å². The highest BCUT2D eigenvalue weighted by Crippen LogP contribution is 2.26. The summed E-state index contributed by atoms with van der Waals surface area (Å²) in [5.41, 5.74) is 0.758. The molecule has 2 aromatic rings. The Bertz CT molecular complexity index is 888. The predicted octanol–water partition coefficient (Wildman–Crippen LogP) is 0.877. The minimum Gasteiger partial charge on any atom is -0.300 e. The number of nitro benzene ring substituents is 1. The Morgan fingerprint density at radius 2 is 1.88 bits per heavy atom. The normalized spacial score (nSPS) is 16.7. The molecule has 1 saturated heterocycles. The fourth-order valence-electron chi connectivity index (χ4n) is 3.05. The minimum atomic E-state index is -3.87. The molecule has 9 nitrogen and oxygen atoms in total. The van der Waals surface area contributed by atoms with Gasteiger partial charge in [-0.25, -0.2) is 8.42 Å². The van der Waals surface area contributed by atoms with Gasteiger partial charge in [0.1, 0.15) is 0 Å². The zero-order valence-corrected chi connectivity index (χ0v) is 15.3. The molecule has 0 aliphatic carbocycles. The van der Waals surface area contributed by atoms with Crippen molar-refractivity contribution in [1.82, 2.24) is 19.0 Å². The molecule has 1 aliphatic rings. The maximum Gasteiger partial charge on any atom is 0.289 e. The van der Waals surface area contributed by atoms with Crippen molar-refractivity contribution in [3.63, 3.8) is 0 Å². The molecule has 0 amide bonds. The Balaban J connectivity index is 1.63. The van der Waals surface area contributed by atoms with Crippen molar-refractivity contribution in [1.29, 1.82) is 0 Å². The third kappa shape index (κ3) is 3.92. The van der Waals surface area contributed by atoms with Crippen LogP contribution in [0.3, 0.4) is 0 Å². The smallest absolute Gasteiger partial charge is 0.289 e. The zero-order valence-electron chi connectivity index (χ0n) is 14.5. The number of sulfonamides is 1. The van der Waals surface area contributed by atoms with Crippen molar-refractivity contribution in [2.75, 3.05) is 32.7 Å². The van der Waals surface area contributed by atoms with E-state index in [1.165, 1.54) is 28.6 Å². The Labute approximate surface area is 152 Å². The Kier molecular flexibility index (Phi) is 5.35. The molecule has 0 saturated carbocycles. The predicted molar refractivity (Wildman–Crippen MR) is 95.2 cm³/mol. The monoisotopic (exact) mass is 379 g/mol. The van der Waals surface area contributed by atoms with Crippen LogP contribution in [0.5, 0.6) is 0 Å². The van der Waals surface area contributed by atoms with Gasteiger partial charge in [0, 0.05) is 52.0 Å². The summed E-state index contributed by atoms with van der Waals surface area (Å²) < 4.78 is 28.7. The van der Waals surface area contributed by atoms with Crippen molar-refractivity contribution in [2.24, 2.45) is 7.05 Å². The maximum absolute atomic E-state index is 12.8. The van der Waals surface area contributed by atoms with Gasteiger partial charge >= 0.3 is 0 Å². The summed E-state index contributed by atoms with van der Waals surface area (Å²) in [5, 5.41) is 15.3. The van der Waals surface area contributed by atoms with Crippen LogP contribution in [0.1, 0.15) is 5.56 Å². The Hall–Kier alpha value is -2.30. The third-order valence-corrected chi connectivity index (χ3v) is 6.43. The molecule has 2 heterocycles. The van der Waals surface area contributed by atoms with Gasteiger partial charge in [-0.05, 0) is 18.1 Å². The van der Waals surface area contributed by atoms with E-state index in [0.29, 0.717) is 26.2 Å². The second-order valence-electron chi connectivity index (χ2n) is 6.24. The van der Waals surface area contributed by atoms with Crippen LogP contribution in [0.4, 0.5) is 5.69 Å². The summed E-state index contributed by atoms with van der Waals surface area (Å²) in [7, 11) is -2.00. The number of nitrogens with zero attached hydrogens (tertiary/aromatic N) is 5. The SMILES string of the molecule is Cn1cc(CCN2CCN(S(=O)(=O)c3ccccc3[N+](=O)[O-])CC2)cn1. The van der Waals surface area contributed by atoms with E-state index in [0.717, 1.165) is 18.5 Å². The Morgan fingerprint density at radius 3 is 2.50 bits per heavy atom. The minimum absolute atomic E-state index is 0.242. The molecular formula is C16H21N5O4S. The summed E-state index contributed by atoms with van der Waals surface area (Å²) in [5.74, 6) is 0. The van der Waals surface area contributed by atoms with E-state index < -0.39 is 14.9 Å². The lowest BCUT2D eigenvalue weighted by atomic mass is 10.2. The van der Waals surface area contributed by atoms with Crippen LogP contribution in [0.15, 0.2) is 41.6 Å². The van der Waals surface area contributed by atoms with Crippen molar-refractivity contribution < 1.29 is 13.3 Å². The van der Waals surface area contributed by atoms with Gasteiger partial charge in [0.15, 0.2) is 4.90 Å². The van der Waals surface area contributed by atoms with Gasteiger partial charge in [0.25, 0.3) is 5.69 Å². The lowest BCUT2D eigenvalue weighted by Gasteiger charge is -2.33. The standard InChI is InChI=1S/C16H21N5O4S/c1-18-13-14(12-17-18)6-7-19-8-10-20(11-9-19)26(24,25)16-5-3-2-4-15(16)21(22)23/h2-5,12-13H,6-11H2,1H3. The fraction of sp³-hybridized carbons (Fsp3) is 0.438. The zero-order chi connectivity index (χ0) is 18.7. The number of hydrogen-bond acceptors (Lipinski definition) is 6. The van der Waals surface area contributed by atoms with Crippen molar-refractivity contribution in [3.05, 3.63) is 52.3 Å². The fourth-order valence-corrected chi connectivity index (χ4v) is 4.63. The summed E-state index contributed by atoms with van der Waals surface area (Å²) in [4.78, 5) is 12.4. The molecule has 140 valence electrons. The van der Waals surface area contributed by atoms with Crippen LogP contribution in [0.25, 0.3) is 0 Å². The molecule has 0 atom stereocenters. The number of rotatable bonds is 6. The number of nitro groups is 1. The van der Waals surface area contributed by atoms with E-state index >= 15 is 0 Å². The van der Waals surface area contributed by atoms with Crippen LogP contribution in [0.2, 0.25) is 0 Å². The lowest BCUT2D eigenvalue weighted by molar-refractivity contribution is -0.387. The van der Waals surface area contributed by atoms with E-state index in [9.17, 15) is 18.5 Å². The highest BCUT2D eigenvalue weighted by Gasteiger charge is 2.33. The van der Waals surface area contributed by atoms with E-state index in [1.54, 1.807) is 4.68 Å². The molecule has 1 aromatic carbocycles. The first-order valence-corrected chi connectivity index (χ1v) is 9.75. The van der Waals surface area contributed by atoms with E-state index in [1.807, 2.05) is 19.4 Å². The first-order chi connectivity index (χ1) is 12.4. The van der Waals surface area contributed by atoms with Crippen LogP contribution in [0, 0.1) is 10.1 Å². The number of hydrogen-bond donors (Lipinski definition) is 0. The molecule has 0 bridgehead atoms. The van der Waals surface area contributed by atoms with Crippen molar-refractivity contribution in [3.8, 4) is 0 Å². The number of aromatic nitrogens is 2. The first-order valence-electron chi connectivity index (χ1n) is 8.31. The summed E-state index contributed by atoms with van der Waals surface area (Å²) in [6.45, 7) is 2.66. The average Bonchev–Trinajstić information content (AvgIpc) is 3.05. The van der Waals surface area contributed by atoms with Gasteiger partial charge in [0.05, 0.1) is 11.1 Å². The quantitative estimate of drug-likeness (QED) is 0.545. The molecule has 1 aliphatic heterocycles. The lowest BCUT2D eigenvalue weighted by Crippen LogP contribution is -2.49. The molecule has 26 heavy (non-hydrogen) atoms. The summed E-state index contributed by atoms with van der Waals surface area (Å²) in [6, 6.07) is 5.48. The highest BCUT2D eigenvalue weighted by molar-refractivity contribution is 7.89. The van der Waals surface area contributed by atoms with Crippen LogP contribution in [-0.2, 0) is 23.5 Å². The molecule has 0 N–H and O–H groups in total. The molecule has 0 spiro atoms. The molecule has 3 rings (SSSR count). The number of benzene rings is 1. The van der Waals surface area contributed by atoms with Crippen LogP contribution >= 0.6 is 0 Å². The van der Waals surface area contributed by atoms with Gasteiger partial charge in [0.2, 0.25) is 10.0 Å². The van der Waals surface area contributed by atoms with Crippen molar-refractivity contribution >= 4 is 15.7 Å². The van der Waals surface area contributed by atoms with Gasteiger partial charge in [-0.2, -0.15) is 9.40 Å². The highest BCUT2D eigenvalue weighted by atomic mass is 32.2. The number of para-hydroxylation sites is 1. The first kappa shape index (κ1) is 18.5. The van der Waals surface area contributed by atoms with Crippen molar-refractivity contribution in [2.45, 2.75) is 11.3 Å². The molecule has 0 unspecified atom stereocenters. The Morgan fingerprint density at radius 1 is 1.19 bits per heavy atom. The average molecular weight is 379 g/mol. The largest absolute Gasteiger partial charge is 0.300 e. The molecular weight excluding hydrogens is 358 g/mol. The molecule has 1 aromatic heterocycles. The van der Waals surface area contributed by atoms with E-state index in [2.05, 4.69) is 10.00 Å². The van der Waals surface area contributed by atoms with Crippen LogP contribution < -0.4 is 0 Å². The van der Waals surface area contributed by atoms with Gasteiger partial charge < -0.3 is 4.90 Å². The van der Waals surface area contributed by atoms with Gasteiger partial charge in [-0.3, -0.25) is 14.8 Å².